The van der Waals surface area contributed by atoms with Gasteiger partial charge in [0.1, 0.15) is 18.2 Å². The second-order valence-corrected chi connectivity index (χ2v) is 5.94. The zero-order chi connectivity index (χ0) is 22.4. The van der Waals surface area contributed by atoms with Crippen LogP contribution < -0.4 is 4.74 Å². The molecule has 5 heteroatoms. The van der Waals surface area contributed by atoms with Crippen molar-refractivity contribution in [2.45, 2.75) is 54.4 Å². The monoisotopic (exact) mass is 406 g/mol. The van der Waals surface area contributed by atoms with Gasteiger partial charge in [-0.15, -0.1) is 0 Å². The Hall–Kier alpha value is -2.40. The fourth-order valence-electron chi connectivity index (χ4n) is 2.62. The van der Waals surface area contributed by atoms with Crippen molar-refractivity contribution in [3.05, 3.63) is 47.8 Å². The van der Waals surface area contributed by atoms with Crippen LogP contribution in [0, 0.1) is 5.82 Å². The standard InChI is InChI=1S/C20H23FO4.2C2H6/c1-5-17-19(21)7-6-15-10-16(11-18(13(2)3)20(15)17)25-12-23-8-9-24-14(4)22;2*1-2/h5-7,10-11,13H,1,8-9,12H2,2-4H3;2*1-2H3. The molecular formula is C24H35FO4. The van der Waals surface area contributed by atoms with Crippen LogP contribution >= 0.6 is 0 Å². The van der Waals surface area contributed by atoms with E-state index < -0.39 is 0 Å². The van der Waals surface area contributed by atoms with E-state index in [9.17, 15) is 9.18 Å². The zero-order valence-corrected chi connectivity index (χ0v) is 18.8. The highest BCUT2D eigenvalue weighted by atomic mass is 19.1. The number of esters is 1. The van der Waals surface area contributed by atoms with Crippen LogP contribution in [0.15, 0.2) is 30.8 Å². The summed E-state index contributed by atoms with van der Waals surface area (Å²) in [6.07, 6.45) is 1.54. The molecule has 0 aliphatic rings. The molecule has 0 amide bonds. The van der Waals surface area contributed by atoms with Crippen molar-refractivity contribution in [2.24, 2.45) is 0 Å². The lowest BCUT2D eigenvalue weighted by atomic mass is 9.92. The zero-order valence-electron chi connectivity index (χ0n) is 18.8. The van der Waals surface area contributed by atoms with E-state index in [0.717, 1.165) is 16.3 Å². The summed E-state index contributed by atoms with van der Waals surface area (Å²) in [5.74, 6) is 0.208. The van der Waals surface area contributed by atoms with E-state index in [2.05, 4.69) is 6.58 Å². The summed E-state index contributed by atoms with van der Waals surface area (Å²) in [6, 6.07) is 6.92. The predicted molar refractivity (Wildman–Crippen MR) is 119 cm³/mol. The SMILES string of the molecule is C=Cc1c(F)ccc2cc(OCOCCOC(C)=O)cc(C(C)C)c12.CC.CC. The van der Waals surface area contributed by atoms with Crippen LogP contribution in [-0.4, -0.2) is 26.0 Å². The molecule has 0 aliphatic carbocycles. The van der Waals surface area contributed by atoms with Gasteiger partial charge in [-0.25, -0.2) is 4.39 Å². The highest BCUT2D eigenvalue weighted by molar-refractivity contribution is 5.94. The first kappa shape index (κ1) is 26.6. The first-order valence-corrected chi connectivity index (χ1v) is 10.2. The molecule has 0 heterocycles. The van der Waals surface area contributed by atoms with Crippen LogP contribution in [0.2, 0.25) is 0 Å². The van der Waals surface area contributed by atoms with Crippen LogP contribution in [0.1, 0.15) is 65.5 Å². The van der Waals surface area contributed by atoms with Crippen molar-refractivity contribution >= 4 is 22.8 Å². The van der Waals surface area contributed by atoms with Crippen molar-refractivity contribution in [1.29, 1.82) is 0 Å². The summed E-state index contributed by atoms with van der Waals surface area (Å²) in [4.78, 5) is 10.7. The molecule has 0 aliphatic heterocycles. The van der Waals surface area contributed by atoms with Crippen molar-refractivity contribution < 1.29 is 23.4 Å². The highest BCUT2D eigenvalue weighted by Gasteiger charge is 2.14. The average molecular weight is 407 g/mol. The Kier molecular flexibility index (Phi) is 13.4. The number of ether oxygens (including phenoxy) is 3. The van der Waals surface area contributed by atoms with E-state index >= 15 is 0 Å². The molecule has 4 nitrogen and oxygen atoms in total. The topological polar surface area (TPSA) is 44.8 Å². The Morgan fingerprint density at radius 1 is 1.14 bits per heavy atom. The van der Waals surface area contributed by atoms with Gasteiger partial charge in [-0.3, -0.25) is 4.79 Å². The molecule has 0 bridgehead atoms. The quantitative estimate of drug-likeness (QED) is 0.277. The van der Waals surface area contributed by atoms with Gasteiger partial charge in [-0.1, -0.05) is 60.3 Å². The van der Waals surface area contributed by atoms with Gasteiger partial charge in [0.25, 0.3) is 0 Å². The van der Waals surface area contributed by atoms with Gasteiger partial charge in [0.2, 0.25) is 0 Å². The van der Waals surface area contributed by atoms with Gasteiger partial charge in [0, 0.05) is 12.5 Å². The maximum atomic E-state index is 14.1. The Labute approximate surface area is 174 Å². The first-order chi connectivity index (χ1) is 13.9. The molecule has 0 atom stereocenters. The number of halogens is 1. The first-order valence-electron chi connectivity index (χ1n) is 10.2. The number of carbonyl (C=O) groups is 1. The Morgan fingerprint density at radius 2 is 1.79 bits per heavy atom. The van der Waals surface area contributed by atoms with E-state index in [0.29, 0.717) is 11.3 Å². The minimum absolute atomic E-state index is 0.0415. The minimum Gasteiger partial charge on any atom is -0.468 e. The summed E-state index contributed by atoms with van der Waals surface area (Å²) in [5.41, 5.74) is 1.49. The smallest absolute Gasteiger partial charge is 0.302 e. The number of rotatable bonds is 8. The summed E-state index contributed by atoms with van der Waals surface area (Å²) < 4.78 is 29.8. The van der Waals surface area contributed by atoms with Crippen molar-refractivity contribution in [3.63, 3.8) is 0 Å². The van der Waals surface area contributed by atoms with E-state index in [1.807, 2.05) is 53.7 Å². The Balaban J connectivity index is 0.00000184. The molecule has 0 spiro atoms. The van der Waals surface area contributed by atoms with Crippen LogP contribution in [0.5, 0.6) is 5.75 Å². The van der Waals surface area contributed by atoms with Crippen molar-refractivity contribution in [2.75, 3.05) is 20.0 Å². The third-order valence-electron chi connectivity index (χ3n) is 3.78. The molecule has 2 aromatic rings. The minimum atomic E-state index is -0.342. The molecule has 2 rings (SSSR count). The summed E-state index contributed by atoms with van der Waals surface area (Å²) in [7, 11) is 0. The highest BCUT2D eigenvalue weighted by Crippen LogP contribution is 2.34. The van der Waals surface area contributed by atoms with Gasteiger partial charge in [-0.05, 0) is 40.5 Å². The van der Waals surface area contributed by atoms with Crippen LogP contribution in [0.25, 0.3) is 16.8 Å². The number of benzene rings is 2. The van der Waals surface area contributed by atoms with Gasteiger partial charge in [-0.2, -0.15) is 0 Å². The largest absolute Gasteiger partial charge is 0.468 e. The fourth-order valence-corrected chi connectivity index (χ4v) is 2.62. The van der Waals surface area contributed by atoms with E-state index in [4.69, 9.17) is 14.2 Å². The summed E-state index contributed by atoms with van der Waals surface area (Å²) in [5, 5.41) is 1.74. The number of hydrogen-bond acceptors (Lipinski definition) is 4. The third-order valence-corrected chi connectivity index (χ3v) is 3.78. The van der Waals surface area contributed by atoms with Crippen LogP contribution in [0.4, 0.5) is 4.39 Å². The molecule has 0 unspecified atom stereocenters. The van der Waals surface area contributed by atoms with Gasteiger partial charge in [0.05, 0.1) is 6.61 Å². The van der Waals surface area contributed by atoms with Gasteiger partial charge < -0.3 is 14.2 Å². The molecule has 0 aromatic heterocycles. The number of fused-ring (bicyclic) bond motifs is 1. The predicted octanol–water partition coefficient (Wildman–Crippen LogP) is 6.71. The lowest BCUT2D eigenvalue weighted by Gasteiger charge is -2.16. The molecular weight excluding hydrogens is 371 g/mol. The van der Waals surface area contributed by atoms with E-state index in [-0.39, 0.29) is 37.7 Å². The lowest BCUT2D eigenvalue weighted by Crippen LogP contribution is -2.11. The molecule has 29 heavy (non-hydrogen) atoms. The Morgan fingerprint density at radius 3 is 2.34 bits per heavy atom. The van der Waals surface area contributed by atoms with Gasteiger partial charge >= 0.3 is 5.97 Å². The number of hydrogen-bond donors (Lipinski definition) is 0. The molecule has 2 aromatic carbocycles. The average Bonchev–Trinajstić information content (AvgIpc) is 2.72. The van der Waals surface area contributed by atoms with Gasteiger partial charge in [0.15, 0.2) is 6.79 Å². The van der Waals surface area contributed by atoms with Crippen molar-refractivity contribution in [3.8, 4) is 5.75 Å². The number of carbonyl (C=O) groups excluding carboxylic acids is 1. The summed E-state index contributed by atoms with van der Waals surface area (Å²) >= 11 is 0. The molecule has 0 fully saturated rings. The summed E-state index contributed by atoms with van der Waals surface area (Å²) in [6.45, 7) is 17.7. The molecule has 162 valence electrons. The fraction of sp³-hybridized carbons (Fsp3) is 0.458. The third kappa shape index (κ3) is 8.24. The maximum Gasteiger partial charge on any atom is 0.302 e. The molecule has 0 N–H and O–H groups in total. The normalized spacial score (nSPS) is 9.83. The Bertz CT molecular complexity index is 769. The second-order valence-electron chi connectivity index (χ2n) is 5.94. The van der Waals surface area contributed by atoms with E-state index in [1.165, 1.54) is 13.0 Å². The van der Waals surface area contributed by atoms with E-state index in [1.54, 1.807) is 12.1 Å². The second kappa shape index (κ2) is 14.6. The molecule has 0 saturated carbocycles. The molecule has 0 radical (unpaired) electrons. The maximum absolute atomic E-state index is 14.1. The van der Waals surface area contributed by atoms with Crippen molar-refractivity contribution in [1.82, 2.24) is 0 Å². The van der Waals surface area contributed by atoms with Crippen LogP contribution in [0.3, 0.4) is 0 Å². The molecule has 0 saturated heterocycles. The van der Waals surface area contributed by atoms with Crippen LogP contribution in [-0.2, 0) is 14.3 Å². The lowest BCUT2D eigenvalue weighted by molar-refractivity contribution is -0.143.